The van der Waals surface area contributed by atoms with Crippen molar-refractivity contribution in [2.45, 2.75) is 25.8 Å². The molecule has 0 bridgehead atoms. The van der Waals surface area contributed by atoms with Crippen LogP contribution < -0.4 is 4.90 Å². The van der Waals surface area contributed by atoms with Crippen molar-refractivity contribution in [3.63, 3.8) is 0 Å². The van der Waals surface area contributed by atoms with Gasteiger partial charge in [0.25, 0.3) is 0 Å². The van der Waals surface area contributed by atoms with Gasteiger partial charge in [0.1, 0.15) is 0 Å². The van der Waals surface area contributed by atoms with Crippen LogP contribution in [0.15, 0.2) is 24.3 Å². The fourth-order valence-electron chi connectivity index (χ4n) is 3.44. The molecule has 118 valence electrons. The molecule has 2 heterocycles. The summed E-state index contributed by atoms with van der Waals surface area (Å²) < 4.78 is 5.12. The van der Waals surface area contributed by atoms with E-state index in [1.807, 2.05) is 30.0 Å². The second kappa shape index (κ2) is 6.08. The summed E-state index contributed by atoms with van der Waals surface area (Å²) in [5, 5.41) is 0. The van der Waals surface area contributed by atoms with Gasteiger partial charge in [0, 0.05) is 32.3 Å². The minimum atomic E-state index is -0.238. The van der Waals surface area contributed by atoms with Crippen molar-refractivity contribution in [3.05, 3.63) is 29.8 Å². The highest BCUT2D eigenvalue weighted by Gasteiger charge is 2.39. The largest absolute Gasteiger partial charge is 0.383 e. The van der Waals surface area contributed by atoms with E-state index in [1.165, 1.54) is 5.56 Å². The van der Waals surface area contributed by atoms with Gasteiger partial charge < -0.3 is 14.5 Å². The van der Waals surface area contributed by atoms with E-state index in [0.717, 1.165) is 18.7 Å². The Morgan fingerprint density at radius 3 is 2.95 bits per heavy atom. The molecule has 3 rings (SSSR count). The Balaban J connectivity index is 1.71. The average Bonchev–Trinajstić information content (AvgIpc) is 3.10. The normalized spacial score (nSPS) is 22.1. The molecule has 1 aromatic rings. The predicted molar refractivity (Wildman–Crippen MR) is 83.7 cm³/mol. The maximum atomic E-state index is 12.8. The summed E-state index contributed by atoms with van der Waals surface area (Å²) in [4.78, 5) is 28.6. The van der Waals surface area contributed by atoms with E-state index in [-0.39, 0.29) is 23.8 Å². The van der Waals surface area contributed by atoms with Crippen LogP contribution in [0.25, 0.3) is 0 Å². The molecule has 2 atom stereocenters. The summed E-state index contributed by atoms with van der Waals surface area (Å²) >= 11 is 0. The second-order valence-corrected chi connectivity index (χ2v) is 6.12. The number of carbonyl (C=O) groups is 2. The lowest BCUT2D eigenvalue weighted by Gasteiger charge is -2.25. The fraction of sp³-hybridized carbons (Fsp3) is 0.529. The summed E-state index contributed by atoms with van der Waals surface area (Å²) in [6.07, 6.45) is 1.21. The van der Waals surface area contributed by atoms with Gasteiger partial charge in [-0.15, -0.1) is 0 Å². The Hall–Kier alpha value is -1.88. The lowest BCUT2D eigenvalue weighted by atomic mass is 10.1. The number of para-hydroxylation sites is 1. The number of methoxy groups -OCH3 is 1. The van der Waals surface area contributed by atoms with Crippen molar-refractivity contribution < 1.29 is 14.3 Å². The van der Waals surface area contributed by atoms with Gasteiger partial charge in [-0.1, -0.05) is 18.2 Å². The first kappa shape index (κ1) is 15.0. The number of hydrogen-bond donors (Lipinski definition) is 0. The summed E-state index contributed by atoms with van der Waals surface area (Å²) in [6.45, 7) is 3.68. The average molecular weight is 302 g/mol. The molecular formula is C17H22N2O3. The fourth-order valence-corrected chi connectivity index (χ4v) is 3.44. The highest BCUT2D eigenvalue weighted by atomic mass is 16.5. The van der Waals surface area contributed by atoms with Crippen LogP contribution in [0, 0.1) is 5.92 Å². The Kier molecular flexibility index (Phi) is 4.16. The van der Waals surface area contributed by atoms with Crippen molar-refractivity contribution in [1.82, 2.24) is 4.90 Å². The zero-order valence-electron chi connectivity index (χ0n) is 13.1. The first-order valence-corrected chi connectivity index (χ1v) is 7.79. The number of anilines is 1. The van der Waals surface area contributed by atoms with Crippen LogP contribution in [-0.4, -0.2) is 49.6 Å². The smallest absolute Gasteiger partial charge is 0.232 e. The van der Waals surface area contributed by atoms with Gasteiger partial charge in [-0.25, -0.2) is 0 Å². The van der Waals surface area contributed by atoms with Crippen molar-refractivity contribution in [2.75, 3.05) is 31.7 Å². The molecule has 5 heteroatoms. The van der Waals surface area contributed by atoms with Crippen LogP contribution in [-0.2, 0) is 20.7 Å². The summed E-state index contributed by atoms with van der Waals surface area (Å²) in [7, 11) is 1.63. The molecule has 0 aliphatic carbocycles. The van der Waals surface area contributed by atoms with Gasteiger partial charge in [0.2, 0.25) is 11.8 Å². The van der Waals surface area contributed by atoms with E-state index in [2.05, 4.69) is 6.07 Å². The summed E-state index contributed by atoms with van der Waals surface area (Å²) in [5.74, 6) is -0.112. The molecule has 0 spiro atoms. The number of rotatable bonds is 4. The topological polar surface area (TPSA) is 49.9 Å². The molecule has 22 heavy (non-hydrogen) atoms. The van der Waals surface area contributed by atoms with Gasteiger partial charge in [-0.3, -0.25) is 9.59 Å². The monoisotopic (exact) mass is 302 g/mol. The first-order chi connectivity index (χ1) is 10.6. The quantitative estimate of drug-likeness (QED) is 0.846. The number of likely N-dealkylation sites (tertiary alicyclic amines) is 1. The molecule has 0 unspecified atom stereocenters. The third-order valence-electron chi connectivity index (χ3n) is 4.60. The predicted octanol–water partition coefficient (Wildman–Crippen LogP) is 1.46. The number of nitrogens with zero attached hydrogens (tertiary/aromatic N) is 2. The molecule has 1 aromatic carbocycles. The van der Waals surface area contributed by atoms with Crippen LogP contribution in [0.5, 0.6) is 0 Å². The van der Waals surface area contributed by atoms with E-state index in [0.29, 0.717) is 19.6 Å². The number of amides is 2. The highest BCUT2D eigenvalue weighted by molar-refractivity contribution is 6.00. The second-order valence-electron chi connectivity index (χ2n) is 6.12. The van der Waals surface area contributed by atoms with Crippen LogP contribution >= 0.6 is 0 Å². The number of fused-ring (bicyclic) bond motifs is 1. The molecule has 0 N–H and O–H groups in total. The molecule has 0 saturated carbocycles. The van der Waals surface area contributed by atoms with E-state index in [9.17, 15) is 9.59 Å². The van der Waals surface area contributed by atoms with Gasteiger partial charge in [-0.05, 0) is 25.0 Å². The van der Waals surface area contributed by atoms with Gasteiger partial charge in [-0.2, -0.15) is 0 Å². The zero-order chi connectivity index (χ0) is 15.7. The SMILES string of the molecule is COC[C@H](C)N1C[C@H](C(=O)N2CCc3ccccc32)CC1=O. The third kappa shape index (κ3) is 2.61. The Bertz CT molecular complexity index is 587. The van der Waals surface area contributed by atoms with Gasteiger partial charge in [0.15, 0.2) is 0 Å². The van der Waals surface area contributed by atoms with Crippen molar-refractivity contribution in [3.8, 4) is 0 Å². The molecule has 1 fully saturated rings. The Morgan fingerprint density at radius 1 is 1.41 bits per heavy atom. The molecule has 2 amide bonds. The zero-order valence-corrected chi connectivity index (χ0v) is 13.1. The first-order valence-electron chi connectivity index (χ1n) is 7.79. The molecule has 2 aliphatic heterocycles. The number of hydrogen-bond acceptors (Lipinski definition) is 3. The van der Waals surface area contributed by atoms with Crippen LogP contribution in [0.2, 0.25) is 0 Å². The lowest BCUT2D eigenvalue weighted by Crippen LogP contribution is -2.40. The summed E-state index contributed by atoms with van der Waals surface area (Å²) in [6, 6.07) is 8.02. The molecule has 0 radical (unpaired) electrons. The van der Waals surface area contributed by atoms with Crippen LogP contribution in [0.4, 0.5) is 5.69 Å². The van der Waals surface area contributed by atoms with Crippen LogP contribution in [0.3, 0.4) is 0 Å². The molecule has 1 saturated heterocycles. The summed E-state index contributed by atoms with van der Waals surface area (Å²) in [5.41, 5.74) is 2.22. The molecule has 0 aromatic heterocycles. The van der Waals surface area contributed by atoms with Crippen molar-refractivity contribution >= 4 is 17.5 Å². The molecule has 5 nitrogen and oxygen atoms in total. The maximum absolute atomic E-state index is 12.8. The van der Waals surface area contributed by atoms with Gasteiger partial charge >= 0.3 is 0 Å². The van der Waals surface area contributed by atoms with E-state index >= 15 is 0 Å². The maximum Gasteiger partial charge on any atom is 0.232 e. The molecule has 2 aliphatic rings. The lowest BCUT2D eigenvalue weighted by molar-refractivity contribution is -0.130. The minimum absolute atomic E-state index is 0.0150. The number of ether oxygens (including phenoxy) is 1. The van der Waals surface area contributed by atoms with E-state index in [4.69, 9.17) is 4.74 Å². The molecular weight excluding hydrogens is 280 g/mol. The van der Waals surface area contributed by atoms with Gasteiger partial charge in [0.05, 0.1) is 18.6 Å². The van der Waals surface area contributed by atoms with Crippen molar-refractivity contribution in [1.29, 1.82) is 0 Å². The number of carbonyl (C=O) groups excluding carboxylic acids is 2. The standard InChI is InChI=1S/C17H22N2O3/c1-12(11-22-2)19-10-14(9-16(19)20)17(21)18-8-7-13-5-3-4-6-15(13)18/h3-6,12,14H,7-11H2,1-2H3/t12-,14+/m0/s1. The highest BCUT2D eigenvalue weighted by Crippen LogP contribution is 2.31. The Morgan fingerprint density at radius 2 is 2.18 bits per heavy atom. The minimum Gasteiger partial charge on any atom is -0.383 e. The van der Waals surface area contributed by atoms with E-state index in [1.54, 1.807) is 12.0 Å². The number of benzene rings is 1. The van der Waals surface area contributed by atoms with Crippen molar-refractivity contribution in [2.24, 2.45) is 5.92 Å². The third-order valence-corrected chi connectivity index (χ3v) is 4.60. The van der Waals surface area contributed by atoms with E-state index < -0.39 is 0 Å². The Labute approximate surface area is 130 Å². The van der Waals surface area contributed by atoms with Crippen LogP contribution in [0.1, 0.15) is 18.9 Å².